The van der Waals surface area contributed by atoms with Gasteiger partial charge in [-0.25, -0.2) is 0 Å². The average Bonchev–Trinajstić information content (AvgIpc) is 2.53. The zero-order chi connectivity index (χ0) is 14.7. The summed E-state index contributed by atoms with van der Waals surface area (Å²) in [6.07, 6.45) is 5.90. The van der Waals surface area contributed by atoms with Crippen molar-refractivity contribution in [2.75, 3.05) is 19.7 Å². The molecule has 2 fully saturated rings. The highest BCUT2D eigenvalue weighted by atomic mass is 35.5. The Hall–Kier alpha value is -0.900. The van der Waals surface area contributed by atoms with Crippen molar-refractivity contribution in [1.29, 1.82) is 0 Å². The normalized spacial score (nSPS) is 26.3. The summed E-state index contributed by atoms with van der Waals surface area (Å²) in [5.74, 6) is 0.200. The fourth-order valence-corrected chi connectivity index (χ4v) is 3.61. The maximum Gasteiger partial charge on any atom is 0.164 e. The Labute approximate surface area is 131 Å². The van der Waals surface area contributed by atoms with E-state index < -0.39 is 0 Å². The summed E-state index contributed by atoms with van der Waals surface area (Å²) in [5, 5.41) is 0.671. The SMILES string of the molecule is O=C(CCN1CCOC2CCCCC21)c1ccc(Cl)cc1. The van der Waals surface area contributed by atoms with Gasteiger partial charge in [-0.1, -0.05) is 24.4 Å². The first-order valence-electron chi connectivity index (χ1n) is 7.88. The Bertz CT molecular complexity index is 486. The number of benzene rings is 1. The second-order valence-electron chi connectivity index (χ2n) is 5.98. The molecule has 1 aromatic rings. The summed E-state index contributed by atoms with van der Waals surface area (Å²) in [7, 11) is 0. The molecule has 3 rings (SSSR count). The van der Waals surface area contributed by atoms with Gasteiger partial charge in [0.25, 0.3) is 0 Å². The third-order valence-electron chi connectivity index (χ3n) is 4.64. The summed E-state index contributed by atoms with van der Waals surface area (Å²) >= 11 is 5.86. The van der Waals surface area contributed by atoms with Crippen molar-refractivity contribution < 1.29 is 9.53 Å². The van der Waals surface area contributed by atoms with Crippen molar-refractivity contribution in [3.05, 3.63) is 34.9 Å². The van der Waals surface area contributed by atoms with E-state index in [0.717, 1.165) is 25.3 Å². The van der Waals surface area contributed by atoms with Crippen LogP contribution in [-0.4, -0.2) is 42.5 Å². The van der Waals surface area contributed by atoms with Crippen LogP contribution in [-0.2, 0) is 4.74 Å². The summed E-state index contributed by atoms with van der Waals surface area (Å²) in [6, 6.07) is 7.70. The molecule has 3 nitrogen and oxygen atoms in total. The van der Waals surface area contributed by atoms with Crippen molar-refractivity contribution in [2.45, 2.75) is 44.2 Å². The van der Waals surface area contributed by atoms with Gasteiger partial charge in [0.15, 0.2) is 5.78 Å². The third-order valence-corrected chi connectivity index (χ3v) is 4.89. The molecule has 2 aliphatic rings. The summed E-state index contributed by atoms with van der Waals surface area (Å²) < 4.78 is 5.88. The van der Waals surface area contributed by atoms with Crippen LogP contribution < -0.4 is 0 Å². The van der Waals surface area contributed by atoms with Crippen molar-refractivity contribution in [1.82, 2.24) is 4.90 Å². The Morgan fingerprint density at radius 2 is 2.00 bits per heavy atom. The predicted octanol–water partition coefficient (Wildman–Crippen LogP) is 3.56. The number of halogens is 1. The van der Waals surface area contributed by atoms with Crippen LogP contribution in [0.3, 0.4) is 0 Å². The first kappa shape index (κ1) is 15.0. The Morgan fingerprint density at radius 1 is 1.24 bits per heavy atom. The molecule has 2 atom stereocenters. The van der Waals surface area contributed by atoms with Crippen LogP contribution in [0.25, 0.3) is 0 Å². The first-order chi connectivity index (χ1) is 10.2. The van der Waals surface area contributed by atoms with Gasteiger partial charge in [-0.2, -0.15) is 0 Å². The molecule has 0 N–H and O–H groups in total. The van der Waals surface area contributed by atoms with Gasteiger partial charge in [0.2, 0.25) is 0 Å². The van der Waals surface area contributed by atoms with Crippen LogP contribution in [0.5, 0.6) is 0 Å². The molecule has 1 saturated heterocycles. The van der Waals surface area contributed by atoms with Gasteiger partial charge in [-0.15, -0.1) is 0 Å². The van der Waals surface area contributed by atoms with Gasteiger partial charge >= 0.3 is 0 Å². The van der Waals surface area contributed by atoms with Crippen molar-refractivity contribution in [3.8, 4) is 0 Å². The highest BCUT2D eigenvalue weighted by Gasteiger charge is 2.33. The minimum Gasteiger partial charge on any atom is -0.375 e. The standard InChI is InChI=1S/C17H22ClNO2/c18-14-7-5-13(6-8-14)16(20)9-10-19-11-12-21-17-4-2-1-3-15(17)19/h5-8,15,17H,1-4,9-12H2. The number of morpholine rings is 1. The minimum absolute atomic E-state index is 0.200. The highest BCUT2D eigenvalue weighted by molar-refractivity contribution is 6.30. The lowest BCUT2D eigenvalue weighted by Crippen LogP contribution is -2.53. The van der Waals surface area contributed by atoms with Crippen LogP contribution in [0, 0.1) is 0 Å². The van der Waals surface area contributed by atoms with Gasteiger partial charge in [0.1, 0.15) is 0 Å². The molecule has 1 aliphatic carbocycles. The second-order valence-corrected chi connectivity index (χ2v) is 6.41. The molecule has 0 spiro atoms. The molecule has 2 unspecified atom stereocenters. The second kappa shape index (κ2) is 6.91. The molecule has 0 aromatic heterocycles. The number of ether oxygens (including phenoxy) is 1. The maximum atomic E-state index is 12.3. The van der Waals surface area contributed by atoms with Crippen LogP contribution in [0.4, 0.5) is 0 Å². The molecule has 21 heavy (non-hydrogen) atoms. The van der Waals surface area contributed by atoms with Crippen molar-refractivity contribution >= 4 is 17.4 Å². The topological polar surface area (TPSA) is 29.5 Å². The number of carbonyl (C=O) groups excluding carboxylic acids is 1. The zero-order valence-corrected chi connectivity index (χ0v) is 13.0. The molecule has 1 aliphatic heterocycles. The Kier molecular flexibility index (Phi) is 4.94. The molecular formula is C17H22ClNO2. The fourth-order valence-electron chi connectivity index (χ4n) is 3.48. The van der Waals surface area contributed by atoms with Gasteiger partial charge in [-0.3, -0.25) is 9.69 Å². The monoisotopic (exact) mass is 307 g/mol. The van der Waals surface area contributed by atoms with Gasteiger partial charge in [-0.05, 0) is 37.1 Å². The van der Waals surface area contributed by atoms with Gasteiger partial charge in [0.05, 0.1) is 12.7 Å². The summed E-state index contributed by atoms with van der Waals surface area (Å²) in [5.41, 5.74) is 0.757. The Morgan fingerprint density at radius 3 is 2.81 bits per heavy atom. The van der Waals surface area contributed by atoms with Gasteiger partial charge in [0, 0.05) is 36.1 Å². The van der Waals surface area contributed by atoms with E-state index in [2.05, 4.69) is 4.90 Å². The fraction of sp³-hybridized carbons (Fsp3) is 0.588. The van der Waals surface area contributed by atoms with Crippen molar-refractivity contribution in [2.24, 2.45) is 0 Å². The highest BCUT2D eigenvalue weighted by Crippen LogP contribution is 2.28. The molecular weight excluding hydrogens is 286 g/mol. The smallest absolute Gasteiger partial charge is 0.164 e. The Balaban J connectivity index is 1.56. The molecule has 1 heterocycles. The van der Waals surface area contributed by atoms with Gasteiger partial charge < -0.3 is 4.74 Å². The number of hydrogen-bond donors (Lipinski definition) is 0. The summed E-state index contributed by atoms with van der Waals surface area (Å²) in [6.45, 7) is 2.59. The van der Waals surface area contributed by atoms with Crippen LogP contribution >= 0.6 is 11.6 Å². The minimum atomic E-state index is 0.200. The third kappa shape index (κ3) is 3.65. The molecule has 4 heteroatoms. The molecule has 1 saturated carbocycles. The number of rotatable bonds is 4. The summed E-state index contributed by atoms with van der Waals surface area (Å²) in [4.78, 5) is 14.7. The lowest BCUT2D eigenvalue weighted by molar-refractivity contribution is -0.0874. The number of carbonyl (C=O) groups is 1. The molecule has 1 aromatic carbocycles. The number of hydrogen-bond acceptors (Lipinski definition) is 3. The van der Waals surface area contributed by atoms with Crippen LogP contribution in [0.1, 0.15) is 42.5 Å². The largest absolute Gasteiger partial charge is 0.375 e. The zero-order valence-electron chi connectivity index (χ0n) is 12.3. The van der Waals surface area contributed by atoms with Crippen LogP contribution in [0.15, 0.2) is 24.3 Å². The maximum absolute atomic E-state index is 12.3. The number of Topliss-reactive ketones (excluding diaryl/α,β-unsaturated/α-hetero) is 1. The van der Waals surface area contributed by atoms with E-state index in [1.807, 2.05) is 12.1 Å². The number of ketones is 1. The van der Waals surface area contributed by atoms with E-state index in [1.165, 1.54) is 25.7 Å². The van der Waals surface area contributed by atoms with E-state index in [9.17, 15) is 4.79 Å². The predicted molar refractivity (Wildman–Crippen MR) is 84.0 cm³/mol. The lowest BCUT2D eigenvalue weighted by atomic mass is 9.90. The van der Waals surface area contributed by atoms with E-state index in [1.54, 1.807) is 12.1 Å². The molecule has 0 radical (unpaired) electrons. The quantitative estimate of drug-likeness (QED) is 0.797. The number of nitrogens with zero attached hydrogens (tertiary/aromatic N) is 1. The van der Waals surface area contributed by atoms with E-state index in [0.29, 0.717) is 23.6 Å². The van der Waals surface area contributed by atoms with E-state index >= 15 is 0 Å². The van der Waals surface area contributed by atoms with Crippen molar-refractivity contribution in [3.63, 3.8) is 0 Å². The number of fused-ring (bicyclic) bond motifs is 1. The molecule has 0 bridgehead atoms. The molecule has 114 valence electrons. The van der Waals surface area contributed by atoms with E-state index in [4.69, 9.17) is 16.3 Å². The average molecular weight is 308 g/mol. The van der Waals surface area contributed by atoms with Crippen LogP contribution in [0.2, 0.25) is 5.02 Å². The molecule has 0 amide bonds. The lowest BCUT2D eigenvalue weighted by Gasteiger charge is -2.43. The van der Waals surface area contributed by atoms with E-state index in [-0.39, 0.29) is 5.78 Å². The first-order valence-corrected chi connectivity index (χ1v) is 8.26.